The smallest absolute Gasteiger partial charge is 0.138 e. The van der Waals surface area contributed by atoms with Gasteiger partial charge in [0, 0.05) is 18.2 Å². The monoisotopic (exact) mass is 222 g/mol. The maximum atomic E-state index is 5.23. The third-order valence-corrected chi connectivity index (χ3v) is 3.76. The van der Waals surface area contributed by atoms with Crippen LogP contribution in [-0.2, 0) is 6.54 Å². The molecule has 0 bridgehead atoms. The Bertz CT molecular complexity index is 326. The Morgan fingerprint density at radius 2 is 2.19 bits per heavy atom. The first-order valence-corrected chi connectivity index (χ1v) is 6.38. The highest BCUT2D eigenvalue weighted by molar-refractivity contribution is 5.20. The Labute approximate surface area is 97.8 Å². The number of rotatable bonds is 3. The molecule has 1 aliphatic rings. The lowest BCUT2D eigenvalue weighted by molar-refractivity contribution is 0.135. The Balaban J connectivity index is 2.07. The molecule has 0 saturated carbocycles. The minimum Gasteiger partial charge on any atom is -0.361 e. The molecule has 2 rings (SSSR count). The molecular weight excluding hydrogens is 200 g/mol. The fraction of sp³-hybridized carbons (Fsp3) is 0.769. The fourth-order valence-corrected chi connectivity index (χ4v) is 2.66. The van der Waals surface area contributed by atoms with Crippen LogP contribution >= 0.6 is 0 Å². The summed E-state index contributed by atoms with van der Waals surface area (Å²) in [4.78, 5) is 2.59. The molecule has 3 nitrogen and oxygen atoms in total. The topological polar surface area (TPSA) is 29.3 Å². The standard InChI is InChI=1S/C13H22N2O/c1-4-12-7-5-6-8-15(12)9-13-10(2)14-16-11(13)3/h12H,4-9H2,1-3H3/t12-/m1/s1. The van der Waals surface area contributed by atoms with Gasteiger partial charge in [0.05, 0.1) is 5.69 Å². The number of nitrogens with zero attached hydrogens (tertiary/aromatic N) is 2. The number of aryl methyl sites for hydroxylation is 2. The van der Waals surface area contributed by atoms with E-state index in [4.69, 9.17) is 4.52 Å². The average molecular weight is 222 g/mol. The molecule has 0 spiro atoms. The van der Waals surface area contributed by atoms with E-state index in [0.717, 1.165) is 24.0 Å². The van der Waals surface area contributed by atoms with Crippen LogP contribution in [0.3, 0.4) is 0 Å². The lowest BCUT2D eigenvalue weighted by Gasteiger charge is -2.35. The van der Waals surface area contributed by atoms with E-state index >= 15 is 0 Å². The summed E-state index contributed by atoms with van der Waals surface area (Å²) in [7, 11) is 0. The summed E-state index contributed by atoms with van der Waals surface area (Å²) in [6, 6.07) is 0.752. The second-order valence-corrected chi connectivity index (χ2v) is 4.83. The molecule has 1 aromatic rings. The van der Waals surface area contributed by atoms with Crippen LogP contribution in [0.15, 0.2) is 4.52 Å². The lowest BCUT2D eigenvalue weighted by atomic mass is 9.99. The second kappa shape index (κ2) is 5.00. The number of hydrogen-bond donors (Lipinski definition) is 0. The van der Waals surface area contributed by atoms with E-state index in [1.807, 2.05) is 13.8 Å². The third-order valence-electron chi connectivity index (χ3n) is 3.76. The molecule has 16 heavy (non-hydrogen) atoms. The van der Waals surface area contributed by atoms with E-state index in [1.165, 1.54) is 37.8 Å². The van der Waals surface area contributed by atoms with Gasteiger partial charge in [-0.15, -0.1) is 0 Å². The van der Waals surface area contributed by atoms with Gasteiger partial charge in [0.2, 0.25) is 0 Å². The van der Waals surface area contributed by atoms with Crippen LogP contribution < -0.4 is 0 Å². The van der Waals surface area contributed by atoms with E-state index < -0.39 is 0 Å². The molecule has 1 fully saturated rings. The largest absolute Gasteiger partial charge is 0.361 e. The van der Waals surface area contributed by atoms with Crippen molar-refractivity contribution in [2.24, 2.45) is 0 Å². The van der Waals surface area contributed by atoms with Crippen LogP contribution in [0.1, 0.15) is 49.6 Å². The van der Waals surface area contributed by atoms with Gasteiger partial charge < -0.3 is 4.52 Å². The summed E-state index contributed by atoms with van der Waals surface area (Å²) in [6.07, 6.45) is 5.32. The minimum atomic E-state index is 0.752. The highest BCUT2D eigenvalue weighted by Gasteiger charge is 2.22. The molecule has 3 heteroatoms. The van der Waals surface area contributed by atoms with Crippen LogP contribution in [0.4, 0.5) is 0 Å². The molecule has 0 radical (unpaired) electrons. The van der Waals surface area contributed by atoms with Crippen molar-refractivity contribution < 1.29 is 4.52 Å². The molecule has 0 unspecified atom stereocenters. The molecule has 0 N–H and O–H groups in total. The summed E-state index contributed by atoms with van der Waals surface area (Å²) >= 11 is 0. The normalized spacial score (nSPS) is 22.6. The number of aromatic nitrogens is 1. The highest BCUT2D eigenvalue weighted by atomic mass is 16.5. The van der Waals surface area contributed by atoms with E-state index in [1.54, 1.807) is 0 Å². The van der Waals surface area contributed by atoms with Crippen molar-refractivity contribution in [2.75, 3.05) is 6.54 Å². The molecule has 1 atom stereocenters. The quantitative estimate of drug-likeness (QED) is 0.787. The van der Waals surface area contributed by atoms with Gasteiger partial charge in [-0.3, -0.25) is 4.90 Å². The first-order chi connectivity index (χ1) is 7.72. The van der Waals surface area contributed by atoms with Gasteiger partial charge in [0.1, 0.15) is 5.76 Å². The molecule has 0 aliphatic carbocycles. The zero-order valence-corrected chi connectivity index (χ0v) is 10.6. The second-order valence-electron chi connectivity index (χ2n) is 4.83. The van der Waals surface area contributed by atoms with E-state index in [9.17, 15) is 0 Å². The van der Waals surface area contributed by atoms with Gasteiger partial charge in [-0.05, 0) is 39.7 Å². The van der Waals surface area contributed by atoms with E-state index in [-0.39, 0.29) is 0 Å². The molecule has 0 aromatic carbocycles. The molecule has 1 saturated heterocycles. The molecular formula is C13H22N2O. The van der Waals surface area contributed by atoms with Gasteiger partial charge in [0.15, 0.2) is 0 Å². The van der Waals surface area contributed by atoms with Crippen LogP contribution in [0.5, 0.6) is 0 Å². The SMILES string of the molecule is CC[C@@H]1CCCCN1Cc1c(C)noc1C. The molecule has 90 valence electrons. The Kier molecular flexibility index (Phi) is 3.64. The fourth-order valence-electron chi connectivity index (χ4n) is 2.66. The minimum absolute atomic E-state index is 0.752. The summed E-state index contributed by atoms with van der Waals surface area (Å²) in [5, 5.41) is 4.03. The van der Waals surface area contributed by atoms with Crippen molar-refractivity contribution in [3.05, 3.63) is 17.0 Å². The van der Waals surface area contributed by atoms with Crippen molar-refractivity contribution in [2.45, 2.75) is 59.0 Å². The van der Waals surface area contributed by atoms with Crippen molar-refractivity contribution in [1.82, 2.24) is 10.1 Å². The zero-order chi connectivity index (χ0) is 11.5. The van der Waals surface area contributed by atoms with Gasteiger partial charge >= 0.3 is 0 Å². The van der Waals surface area contributed by atoms with Gasteiger partial charge in [0.25, 0.3) is 0 Å². The predicted octanol–water partition coefficient (Wildman–Crippen LogP) is 3.06. The molecule has 1 aromatic heterocycles. The van der Waals surface area contributed by atoms with Crippen molar-refractivity contribution in [3.63, 3.8) is 0 Å². The van der Waals surface area contributed by atoms with Gasteiger partial charge in [-0.1, -0.05) is 18.5 Å². The molecule has 0 amide bonds. The van der Waals surface area contributed by atoms with E-state index in [0.29, 0.717) is 0 Å². The van der Waals surface area contributed by atoms with Crippen LogP contribution in [0, 0.1) is 13.8 Å². The number of piperidine rings is 1. The van der Waals surface area contributed by atoms with Crippen molar-refractivity contribution in [3.8, 4) is 0 Å². The lowest BCUT2D eigenvalue weighted by Crippen LogP contribution is -2.38. The molecule has 1 aliphatic heterocycles. The maximum absolute atomic E-state index is 5.23. The maximum Gasteiger partial charge on any atom is 0.138 e. The summed E-state index contributed by atoms with van der Waals surface area (Å²) in [5.41, 5.74) is 2.35. The summed E-state index contributed by atoms with van der Waals surface area (Å²) < 4.78 is 5.23. The first kappa shape index (κ1) is 11.6. The van der Waals surface area contributed by atoms with Crippen LogP contribution in [-0.4, -0.2) is 22.6 Å². The van der Waals surface area contributed by atoms with E-state index in [2.05, 4.69) is 17.0 Å². The van der Waals surface area contributed by atoms with Crippen LogP contribution in [0.25, 0.3) is 0 Å². The Morgan fingerprint density at radius 3 is 2.81 bits per heavy atom. The predicted molar refractivity (Wildman–Crippen MR) is 64.3 cm³/mol. The highest BCUT2D eigenvalue weighted by Crippen LogP contribution is 2.23. The zero-order valence-electron chi connectivity index (χ0n) is 10.6. The van der Waals surface area contributed by atoms with Crippen LogP contribution in [0.2, 0.25) is 0 Å². The van der Waals surface area contributed by atoms with Crippen molar-refractivity contribution >= 4 is 0 Å². The third kappa shape index (κ3) is 2.29. The number of hydrogen-bond acceptors (Lipinski definition) is 3. The molecule has 2 heterocycles. The average Bonchev–Trinajstić information content (AvgIpc) is 2.61. The summed E-state index contributed by atoms with van der Waals surface area (Å²) in [6.45, 7) is 8.58. The Hall–Kier alpha value is -0.830. The number of likely N-dealkylation sites (tertiary alicyclic amines) is 1. The van der Waals surface area contributed by atoms with Gasteiger partial charge in [-0.25, -0.2) is 0 Å². The first-order valence-electron chi connectivity index (χ1n) is 6.38. The van der Waals surface area contributed by atoms with Crippen molar-refractivity contribution in [1.29, 1.82) is 0 Å². The summed E-state index contributed by atoms with van der Waals surface area (Å²) in [5.74, 6) is 0.984. The Morgan fingerprint density at radius 1 is 1.38 bits per heavy atom. The van der Waals surface area contributed by atoms with Gasteiger partial charge in [-0.2, -0.15) is 0 Å².